The first-order chi connectivity index (χ1) is 19.0. The fourth-order valence-corrected chi connectivity index (χ4v) is 3.68. The number of carbonyl (C=O) groups excluding carboxylic acids is 3. The summed E-state index contributed by atoms with van der Waals surface area (Å²) in [7, 11) is 0. The number of carboxylic acids is 1. The molecule has 0 fully saturated rings. The van der Waals surface area contributed by atoms with Crippen LogP contribution in [-0.4, -0.2) is 86.6 Å². The quantitative estimate of drug-likeness (QED) is 0.0592. The topological polar surface area (TPSA) is 264 Å². The summed E-state index contributed by atoms with van der Waals surface area (Å²) in [5.74, 6) is -3.65. The number of aliphatic carboxylic acids is 1. The number of aromatic nitrogens is 2. The van der Waals surface area contributed by atoms with E-state index in [0.717, 1.165) is 0 Å². The first-order valence-electron chi connectivity index (χ1n) is 12.6. The standard InChI is InChI=1S/C25H37N9O6/c1-14(35)20(26)23(38)32-17(8-5-9-30-25(27)28)21(36)33-18(11-16-12-29-13-31-16)22(37)34-19(24(39)40)10-15-6-3-2-4-7-15/h2-4,6-7,12-14,17-20,35H,5,8-11,26H2,1H3,(H,29,31)(H,32,38)(H,33,36)(H,34,37)(H,39,40)(H4,27,28,30). The number of H-pyrrole nitrogens is 1. The van der Waals surface area contributed by atoms with E-state index in [4.69, 9.17) is 17.2 Å². The minimum absolute atomic E-state index is 0.0212. The van der Waals surface area contributed by atoms with Gasteiger partial charge in [-0.2, -0.15) is 0 Å². The van der Waals surface area contributed by atoms with Gasteiger partial charge in [0.1, 0.15) is 24.2 Å². The van der Waals surface area contributed by atoms with Crippen LogP contribution in [0.25, 0.3) is 0 Å². The molecule has 12 N–H and O–H groups in total. The van der Waals surface area contributed by atoms with Crippen molar-refractivity contribution in [1.29, 1.82) is 0 Å². The van der Waals surface area contributed by atoms with Crippen LogP contribution in [0.1, 0.15) is 31.0 Å². The molecule has 1 aromatic carbocycles. The molecule has 0 aliphatic heterocycles. The van der Waals surface area contributed by atoms with Gasteiger partial charge in [0.25, 0.3) is 0 Å². The molecule has 0 radical (unpaired) electrons. The maximum Gasteiger partial charge on any atom is 0.326 e. The minimum Gasteiger partial charge on any atom is -0.480 e. The van der Waals surface area contributed by atoms with Crippen LogP contribution in [0.3, 0.4) is 0 Å². The maximum atomic E-state index is 13.3. The largest absolute Gasteiger partial charge is 0.480 e. The number of aliphatic hydroxyl groups is 1. The molecule has 1 aromatic heterocycles. The molecule has 2 aromatic rings. The Morgan fingerprint density at radius 2 is 1.60 bits per heavy atom. The highest BCUT2D eigenvalue weighted by atomic mass is 16.4. The van der Waals surface area contributed by atoms with Crippen LogP contribution in [0.15, 0.2) is 47.8 Å². The normalized spacial score (nSPS) is 14.6. The van der Waals surface area contributed by atoms with Crippen LogP contribution in [0, 0.1) is 0 Å². The predicted molar refractivity (Wildman–Crippen MR) is 145 cm³/mol. The summed E-state index contributed by atoms with van der Waals surface area (Å²) < 4.78 is 0. The van der Waals surface area contributed by atoms with Gasteiger partial charge < -0.3 is 48.3 Å². The predicted octanol–water partition coefficient (Wildman–Crippen LogP) is -2.50. The van der Waals surface area contributed by atoms with E-state index in [-0.39, 0.29) is 38.2 Å². The van der Waals surface area contributed by atoms with Gasteiger partial charge in [-0.3, -0.25) is 19.4 Å². The Balaban J connectivity index is 2.22. The van der Waals surface area contributed by atoms with E-state index >= 15 is 0 Å². The molecule has 1 heterocycles. The molecule has 0 spiro atoms. The number of hydrogen-bond donors (Lipinski definition) is 9. The molecular weight excluding hydrogens is 522 g/mol. The van der Waals surface area contributed by atoms with Crippen molar-refractivity contribution in [3.63, 3.8) is 0 Å². The van der Waals surface area contributed by atoms with E-state index in [1.807, 2.05) is 0 Å². The van der Waals surface area contributed by atoms with Gasteiger partial charge in [0, 0.05) is 31.3 Å². The SMILES string of the molecule is CC(O)C(N)C(=O)NC(CCCN=C(N)N)C(=O)NC(Cc1cnc[nH]1)C(=O)NC(Cc1ccccc1)C(=O)O. The lowest BCUT2D eigenvalue weighted by Crippen LogP contribution is -2.58. The number of hydrogen-bond acceptors (Lipinski definition) is 8. The molecule has 40 heavy (non-hydrogen) atoms. The minimum atomic E-state index is -1.30. The van der Waals surface area contributed by atoms with Gasteiger partial charge in [0.2, 0.25) is 17.7 Å². The number of carboxylic acid groups (broad SMARTS) is 1. The van der Waals surface area contributed by atoms with Crippen LogP contribution in [0.5, 0.6) is 0 Å². The van der Waals surface area contributed by atoms with Gasteiger partial charge in [0.05, 0.1) is 12.4 Å². The van der Waals surface area contributed by atoms with Gasteiger partial charge in [-0.1, -0.05) is 30.3 Å². The second kappa shape index (κ2) is 15.8. The summed E-state index contributed by atoms with van der Waals surface area (Å²) in [6.07, 6.45) is 2.01. The molecule has 5 atom stereocenters. The Morgan fingerprint density at radius 3 is 2.17 bits per heavy atom. The van der Waals surface area contributed by atoms with Crippen LogP contribution >= 0.6 is 0 Å². The first kappa shape index (κ1) is 31.7. The summed E-state index contributed by atoms with van der Waals surface area (Å²) in [6, 6.07) is 3.80. The number of nitrogens with two attached hydrogens (primary N) is 3. The third kappa shape index (κ3) is 10.7. The number of nitrogens with zero attached hydrogens (tertiary/aromatic N) is 2. The molecular formula is C25H37N9O6. The van der Waals surface area contributed by atoms with Gasteiger partial charge in [-0.25, -0.2) is 9.78 Å². The second-order valence-electron chi connectivity index (χ2n) is 9.21. The van der Waals surface area contributed by atoms with Crippen molar-refractivity contribution < 1.29 is 29.4 Å². The monoisotopic (exact) mass is 559 g/mol. The highest BCUT2D eigenvalue weighted by molar-refractivity contribution is 5.94. The highest BCUT2D eigenvalue weighted by Crippen LogP contribution is 2.07. The number of nitrogens with one attached hydrogen (secondary N) is 4. The summed E-state index contributed by atoms with van der Waals surface area (Å²) in [5, 5.41) is 27.0. The van der Waals surface area contributed by atoms with E-state index in [1.54, 1.807) is 30.3 Å². The number of benzene rings is 1. The van der Waals surface area contributed by atoms with Crippen molar-refractivity contribution in [2.45, 2.75) is 62.9 Å². The summed E-state index contributed by atoms with van der Waals surface area (Å²) in [5.41, 5.74) is 17.6. The van der Waals surface area contributed by atoms with E-state index in [1.165, 1.54) is 19.4 Å². The number of aliphatic hydroxyl groups excluding tert-OH is 1. The molecule has 0 saturated carbocycles. The number of imidazole rings is 1. The number of rotatable bonds is 16. The lowest BCUT2D eigenvalue weighted by molar-refractivity contribution is -0.142. The van der Waals surface area contributed by atoms with Crippen LogP contribution < -0.4 is 33.2 Å². The smallest absolute Gasteiger partial charge is 0.326 e. The summed E-state index contributed by atoms with van der Waals surface area (Å²) >= 11 is 0. The van der Waals surface area contributed by atoms with Crippen molar-refractivity contribution in [3.05, 3.63) is 54.1 Å². The molecule has 0 bridgehead atoms. The molecule has 5 unspecified atom stereocenters. The zero-order valence-corrected chi connectivity index (χ0v) is 22.1. The van der Waals surface area contributed by atoms with Crippen molar-refractivity contribution >= 4 is 29.7 Å². The van der Waals surface area contributed by atoms with E-state index in [2.05, 4.69) is 30.9 Å². The Kier molecular flexibility index (Phi) is 12.5. The fraction of sp³-hybridized carbons (Fsp3) is 0.440. The van der Waals surface area contributed by atoms with Crippen LogP contribution in [0.4, 0.5) is 0 Å². The Morgan fingerprint density at radius 1 is 0.975 bits per heavy atom. The maximum absolute atomic E-state index is 13.3. The number of aromatic amines is 1. The number of aliphatic imine (C=N–C) groups is 1. The number of guanidine groups is 1. The fourth-order valence-electron chi connectivity index (χ4n) is 3.68. The van der Waals surface area contributed by atoms with E-state index in [9.17, 15) is 29.4 Å². The van der Waals surface area contributed by atoms with Crippen LogP contribution in [0.2, 0.25) is 0 Å². The number of amides is 3. The lowest BCUT2D eigenvalue weighted by Gasteiger charge is -2.25. The van der Waals surface area contributed by atoms with Crippen molar-refractivity contribution in [3.8, 4) is 0 Å². The molecule has 218 valence electrons. The third-order valence-electron chi connectivity index (χ3n) is 5.91. The van der Waals surface area contributed by atoms with Gasteiger partial charge in [-0.05, 0) is 25.3 Å². The van der Waals surface area contributed by atoms with Crippen molar-refractivity contribution in [2.24, 2.45) is 22.2 Å². The molecule has 0 aliphatic rings. The number of carbonyl (C=O) groups is 4. The molecule has 0 aliphatic carbocycles. The van der Waals surface area contributed by atoms with Crippen LogP contribution in [-0.2, 0) is 32.0 Å². The summed E-state index contributed by atoms with van der Waals surface area (Å²) in [6.45, 7) is 1.50. The van der Waals surface area contributed by atoms with Crippen molar-refractivity contribution in [2.75, 3.05) is 6.54 Å². The zero-order chi connectivity index (χ0) is 29.7. The third-order valence-corrected chi connectivity index (χ3v) is 5.91. The van der Waals surface area contributed by atoms with Gasteiger partial charge >= 0.3 is 5.97 Å². The molecule has 2 rings (SSSR count). The molecule has 3 amide bonds. The van der Waals surface area contributed by atoms with Crippen molar-refractivity contribution in [1.82, 2.24) is 25.9 Å². The lowest BCUT2D eigenvalue weighted by atomic mass is 10.0. The Hall–Kier alpha value is -4.50. The Bertz CT molecular complexity index is 1140. The highest BCUT2D eigenvalue weighted by Gasteiger charge is 2.31. The van der Waals surface area contributed by atoms with E-state index < -0.39 is 54.0 Å². The molecule has 0 saturated heterocycles. The molecule has 15 heteroatoms. The van der Waals surface area contributed by atoms with Gasteiger partial charge in [-0.15, -0.1) is 0 Å². The second-order valence-corrected chi connectivity index (χ2v) is 9.21. The first-order valence-corrected chi connectivity index (χ1v) is 12.6. The van der Waals surface area contributed by atoms with E-state index in [0.29, 0.717) is 11.3 Å². The zero-order valence-electron chi connectivity index (χ0n) is 22.1. The average molecular weight is 560 g/mol. The molecule has 15 nitrogen and oxygen atoms in total. The Labute approximate surface area is 231 Å². The van der Waals surface area contributed by atoms with Gasteiger partial charge in [0.15, 0.2) is 5.96 Å². The average Bonchev–Trinajstić information content (AvgIpc) is 3.42. The summed E-state index contributed by atoms with van der Waals surface area (Å²) in [4.78, 5) is 61.6.